The molecule has 1 aliphatic rings. The molecule has 1 aliphatic heterocycles. The van der Waals surface area contributed by atoms with Crippen LogP contribution in [0.25, 0.3) is 0 Å². The van der Waals surface area contributed by atoms with Crippen LogP contribution in [0.2, 0.25) is 0 Å². The molecule has 3 aromatic carbocycles. The summed E-state index contributed by atoms with van der Waals surface area (Å²) in [6, 6.07) is 22.8. The van der Waals surface area contributed by atoms with Gasteiger partial charge in [0.25, 0.3) is 0 Å². The molecule has 4 N–H and O–H groups in total. The molecule has 1 heterocycles. The molecule has 0 unspecified atom stereocenters. The van der Waals surface area contributed by atoms with Crippen molar-refractivity contribution in [3.63, 3.8) is 0 Å². The molecule has 4 atom stereocenters. The molecule has 0 aliphatic carbocycles. The van der Waals surface area contributed by atoms with Crippen molar-refractivity contribution in [1.29, 1.82) is 0 Å². The van der Waals surface area contributed by atoms with Gasteiger partial charge in [-0.3, -0.25) is 4.79 Å². The molecule has 1 saturated heterocycles. The van der Waals surface area contributed by atoms with E-state index in [0.29, 0.717) is 18.0 Å². The van der Waals surface area contributed by atoms with E-state index in [1.165, 1.54) is 6.92 Å². The smallest absolute Gasteiger partial charge is 0.319 e. The summed E-state index contributed by atoms with van der Waals surface area (Å²) in [4.78, 5) is 24.4. The highest BCUT2D eigenvalue weighted by molar-refractivity contribution is 7.99. The number of aliphatic hydroxyl groups excluding tert-OH is 1. The van der Waals surface area contributed by atoms with Crippen molar-refractivity contribution in [2.75, 3.05) is 22.9 Å². The van der Waals surface area contributed by atoms with Crippen molar-refractivity contribution in [1.82, 2.24) is 5.32 Å². The second kappa shape index (κ2) is 13.6. The van der Waals surface area contributed by atoms with E-state index in [1.807, 2.05) is 79.7 Å². The lowest BCUT2D eigenvalue weighted by Crippen LogP contribution is -2.38. The topological polar surface area (TPSA) is 109 Å². The number of thioether (sulfide) groups is 1. The summed E-state index contributed by atoms with van der Waals surface area (Å²) in [7, 11) is 0. The number of hydrogen-bond donors (Lipinski definition) is 4. The number of aliphatic hydroxyl groups is 1. The zero-order valence-electron chi connectivity index (χ0n) is 22.3. The van der Waals surface area contributed by atoms with Crippen molar-refractivity contribution < 1.29 is 24.2 Å². The van der Waals surface area contributed by atoms with Crippen LogP contribution in [0.5, 0.6) is 0 Å². The lowest BCUT2D eigenvalue weighted by atomic mass is 9.91. The van der Waals surface area contributed by atoms with E-state index in [4.69, 9.17) is 9.47 Å². The van der Waals surface area contributed by atoms with Gasteiger partial charge in [0.1, 0.15) is 0 Å². The highest BCUT2D eigenvalue weighted by Gasteiger charge is 2.38. The van der Waals surface area contributed by atoms with Gasteiger partial charge in [0, 0.05) is 47.0 Å². The van der Waals surface area contributed by atoms with E-state index >= 15 is 0 Å². The van der Waals surface area contributed by atoms with E-state index in [0.717, 1.165) is 27.3 Å². The molecule has 0 bridgehead atoms. The van der Waals surface area contributed by atoms with Gasteiger partial charge in [0.15, 0.2) is 6.29 Å². The van der Waals surface area contributed by atoms with Crippen molar-refractivity contribution in [2.24, 2.45) is 5.92 Å². The van der Waals surface area contributed by atoms with Gasteiger partial charge in [-0.2, -0.15) is 0 Å². The monoisotopic (exact) mass is 549 g/mol. The number of carbonyl (C=O) groups excluding carboxylic acids is 2. The van der Waals surface area contributed by atoms with Crippen LogP contribution in [0, 0.1) is 5.92 Å². The largest absolute Gasteiger partial charge is 0.392 e. The van der Waals surface area contributed by atoms with Gasteiger partial charge in [-0.1, -0.05) is 43.3 Å². The van der Waals surface area contributed by atoms with Crippen LogP contribution in [-0.4, -0.2) is 35.4 Å². The Balaban J connectivity index is 1.54. The van der Waals surface area contributed by atoms with E-state index in [2.05, 4.69) is 22.9 Å². The average molecular weight is 550 g/mol. The summed E-state index contributed by atoms with van der Waals surface area (Å²) in [6.45, 7) is 5.99. The predicted octanol–water partition coefficient (Wildman–Crippen LogP) is 5.86. The second-order valence-corrected chi connectivity index (χ2v) is 10.5. The highest BCUT2D eigenvalue weighted by Crippen LogP contribution is 2.43. The van der Waals surface area contributed by atoms with E-state index in [9.17, 15) is 14.7 Å². The first kappa shape index (κ1) is 28.6. The van der Waals surface area contributed by atoms with Gasteiger partial charge in [-0.15, -0.1) is 11.8 Å². The Bertz CT molecular complexity index is 1250. The molecule has 4 rings (SSSR count). The van der Waals surface area contributed by atoms with Gasteiger partial charge in [0.2, 0.25) is 5.91 Å². The Hall–Kier alpha value is -3.37. The standard InChI is InChI=1S/C30H35N3O5S/c1-4-31-30(36)33-25-7-5-6-23(16-25)29-37-27(18-39-26-14-12-24(13-15-26)32-20(3)35)19(2)28(38-29)22-10-8-21(17-34)9-11-22/h5-16,19,27-29,34H,4,17-18H2,1-3H3,(H,32,35)(H2,31,33,36)/t19-,27+,28+,29+/m1/s1. The lowest BCUT2D eigenvalue weighted by Gasteiger charge is -2.41. The van der Waals surface area contributed by atoms with Gasteiger partial charge in [0.05, 0.1) is 18.8 Å². The number of rotatable bonds is 9. The highest BCUT2D eigenvalue weighted by atomic mass is 32.2. The Labute approximate surface area is 233 Å². The number of urea groups is 1. The Kier molecular flexibility index (Phi) is 10.00. The third-order valence-electron chi connectivity index (χ3n) is 6.47. The predicted molar refractivity (Wildman–Crippen MR) is 154 cm³/mol. The van der Waals surface area contributed by atoms with Crippen LogP contribution in [0.3, 0.4) is 0 Å². The Morgan fingerprint density at radius 3 is 2.33 bits per heavy atom. The third kappa shape index (κ3) is 7.83. The number of anilines is 2. The molecule has 3 aromatic rings. The second-order valence-electron chi connectivity index (χ2n) is 9.45. The molecule has 3 amide bonds. The van der Waals surface area contributed by atoms with Crippen molar-refractivity contribution in [3.05, 3.63) is 89.5 Å². The molecule has 0 radical (unpaired) electrons. The summed E-state index contributed by atoms with van der Waals surface area (Å²) in [5.74, 6) is 0.640. The zero-order chi connectivity index (χ0) is 27.8. The van der Waals surface area contributed by atoms with E-state index in [-0.39, 0.29) is 36.7 Å². The maximum Gasteiger partial charge on any atom is 0.319 e. The molecule has 0 aromatic heterocycles. The van der Waals surface area contributed by atoms with Crippen molar-refractivity contribution in [2.45, 2.75) is 50.8 Å². The fourth-order valence-electron chi connectivity index (χ4n) is 4.42. The molecule has 8 nitrogen and oxygen atoms in total. The molecular weight excluding hydrogens is 514 g/mol. The first-order chi connectivity index (χ1) is 18.9. The lowest BCUT2D eigenvalue weighted by molar-refractivity contribution is -0.268. The number of carbonyl (C=O) groups is 2. The van der Waals surface area contributed by atoms with Gasteiger partial charge >= 0.3 is 6.03 Å². The number of hydrogen-bond acceptors (Lipinski definition) is 6. The first-order valence-corrected chi connectivity index (χ1v) is 14.0. The molecular formula is C30H35N3O5S. The number of benzene rings is 3. The average Bonchev–Trinajstić information content (AvgIpc) is 2.93. The van der Waals surface area contributed by atoms with E-state index in [1.54, 1.807) is 11.8 Å². The summed E-state index contributed by atoms with van der Waals surface area (Å²) < 4.78 is 13.0. The van der Waals surface area contributed by atoms with Crippen LogP contribution in [0.15, 0.2) is 77.7 Å². The van der Waals surface area contributed by atoms with Crippen molar-refractivity contribution in [3.8, 4) is 0 Å². The van der Waals surface area contributed by atoms with Gasteiger partial charge < -0.3 is 30.5 Å². The van der Waals surface area contributed by atoms with Crippen LogP contribution in [-0.2, 0) is 20.9 Å². The van der Waals surface area contributed by atoms with Crippen LogP contribution in [0.1, 0.15) is 49.9 Å². The molecule has 39 heavy (non-hydrogen) atoms. The summed E-state index contributed by atoms with van der Waals surface area (Å²) in [5.41, 5.74) is 4.07. The fourth-order valence-corrected chi connectivity index (χ4v) is 5.49. The molecule has 0 spiro atoms. The quantitative estimate of drug-likeness (QED) is 0.249. The molecule has 0 saturated carbocycles. The number of nitrogens with one attached hydrogen (secondary N) is 3. The zero-order valence-corrected chi connectivity index (χ0v) is 23.2. The minimum Gasteiger partial charge on any atom is -0.392 e. The molecule has 9 heteroatoms. The number of ether oxygens (including phenoxy) is 2. The molecule has 1 fully saturated rings. The van der Waals surface area contributed by atoms with Gasteiger partial charge in [-0.25, -0.2) is 4.79 Å². The van der Waals surface area contributed by atoms with E-state index < -0.39 is 6.29 Å². The van der Waals surface area contributed by atoms with Crippen LogP contribution < -0.4 is 16.0 Å². The van der Waals surface area contributed by atoms with Crippen LogP contribution in [0.4, 0.5) is 16.2 Å². The summed E-state index contributed by atoms with van der Waals surface area (Å²) in [5, 5.41) is 17.8. The normalized spacial score (nSPS) is 20.7. The van der Waals surface area contributed by atoms with Crippen LogP contribution >= 0.6 is 11.8 Å². The first-order valence-electron chi connectivity index (χ1n) is 13.0. The third-order valence-corrected chi connectivity index (χ3v) is 7.57. The summed E-state index contributed by atoms with van der Waals surface area (Å²) in [6.07, 6.45) is -0.997. The minimum atomic E-state index is -0.632. The maximum absolute atomic E-state index is 12.1. The van der Waals surface area contributed by atoms with Gasteiger partial charge in [-0.05, 0) is 54.4 Å². The Morgan fingerprint density at radius 2 is 1.67 bits per heavy atom. The van der Waals surface area contributed by atoms with Crippen molar-refractivity contribution >= 4 is 35.1 Å². The Morgan fingerprint density at radius 1 is 0.923 bits per heavy atom. The minimum absolute atomic E-state index is 0.0154. The maximum atomic E-state index is 12.1. The fraction of sp³-hybridized carbons (Fsp3) is 0.333. The molecule has 206 valence electrons. The number of amides is 3. The SMILES string of the molecule is CCNC(=O)Nc1cccc([C@H]2O[C@@H](CSc3ccc(NC(C)=O)cc3)[C@@H](C)[C@@H](c3ccc(CO)cc3)O2)c1. The summed E-state index contributed by atoms with van der Waals surface area (Å²) >= 11 is 1.68.